The maximum Gasteiger partial charge on any atom is 0.148 e. The van der Waals surface area contributed by atoms with Crippen molar-refractivity contribution in [1.29, 1.82) is 0 Å². The molecular formula is C71H68N3OPt-. The monoisotopic (exact) mass is 1180 g/mol. The number of aromatic hydroxyl groups is 1. The minimum absolute atomic E-state index is 0. The molecule has 4 nitrogen and oxygen atoms in total. The van der Waals surface area contributed by atoms with Crippen molar-refractivity contribution in [2.45, 2.75) is 104 Å². The van der Waals surface area contributed by atoms with Gasteiger partial charge in [-0.15, -0.1) is 23.8 Å². The van der Waals surface area contributed by atoms with Gasteiger partial charge in [0, 0.05) is 52.2 Å². The standard InChI is InChI=1S/C71H68N3O.Pt/c1-69(2,3)58-45-61(67(75)62(46-58)70(4,5)6)68-73-66-59(32-21-33-65(66)74(68)64-35-34-48(38-47-22-18-19-23-47)39-60(64)50-26-14-10-15-27-50)54-40-53(49-24-12-9-13-25-49)41-55(42-54)63-44-52(36-37-72-63)51-28-20-31-57(43-51)71(7,8)56-29-16-11-17-30-56;/h9-17,20-21,24-37,39-41,43-47,75H,18-19,22-23,38H2,1-8H3;/q-1;/i38D2;. The van der Waals surface area contributed by atoms with Crippen molar-refractivity contribution in [3.8, 4) is 78.6 Å². The Morgan fingerprint density at radius 2 is 1.18 bits per heavy atom. The van der Waals surface area contributed by atoms with Crippen molar-refractivity contribution in [2.75, 3.05) is 0 Å². The van der Waals surface area contributed by atoms with E-state index in [0.717, 1.165) is 109 Å². The van der Waals surface area contributed by atoms with Gasteiger partial charge in [0.15, 0.2) is 0 Å². The van der Waals surface area contributed by atoms with Gasteiger partial charge in [0.2, 0.25) is 0 Å². The fourth-order valence-corrected chi connectivity index (χ4v) is 11.0. The number of imidazole rings is 1. The summed E-state index contributed by atoms with van der Waals surface area (Å²) in [6.45, 7) is 17.6. The molecule has 1 saturated carbocycles. The molecule has 8 aromatic carbocycles. The molecule has 1 fully saturated rings. The minimum Gasteiger partial charge on any atom is -0.507 e. The average Bonchev–Trinajstić information content (AvgIpc) is 4.34. The number of para-hydroxylation sites is 1. The first-order chi connectivity index (χ1) is 36.9. The molecule has 0 saturated heterocycles. The van der Waals surface area contributed by atoms with Crippen LogP contribution in [0, 0.1) is 12.0 Å². The largest absolute Gasteiger partial charge is 0.507 e. The quantitative estimate of drug-likeness (QED) is 0.131. The van der Waals surface area contributed by atoms with Crippen LogP contribution in [-0.4, -0.2) is 19.6 Å². The fraction of sp³-hybridized carbons (Fsp3) is 0.239. The Labute approximate surface area is 468 Å². The normalized spacial score (nSPS) is 13.8. The zero-order valence-electron chi connectivity index (χ0n) is 47.0. The minimum atomic E-state index is -1.51. The van der Waals surface area contributed by atoms with Crippen molar-refractivity contribution >= 4 is 11.0 Å². The van der Waals surface area contributed by atoms with Gasteiger partial charge < -0.3 is 5.11 Å². The number of hydrogen-bond acceptors (Lipinski definition) is 3. The van der Waals surface area contributed by atoms with E-state index in [1.807, 2.05) is 36.5 Å². The summed E-state index contributed by atoms with van der Waals surface area (Å²) in [5.41, 5.74) is 16.8. The molecule has 0 spiro atoms. The number of pyridine rings is 1. The van der Waals surface area contributed by atoms with Crippen LogP contribution in [0.1, 0.15) is 112 Å². The molecule has 5 heteroatoms. The average molecular weight is 1180 g/mol. The van der Waals surface area contributed by atoms with Crippen molar-refractivity contribution in [3.63, 3.8) is 0 Å². The Morgan fingerprint density at radius 1 is 0.553 bits per heavy atom. The van der Waals surface area contributed by atoms with Crippen LogP contribution < -0.4 is 0 Å². The number of nitrogens with zero attached hydrogens (tertiary/aromatic N) is 3. The Morgan fingerprint density at radius 3 is 1.88 bits per heavy atom. The molecule has 1 aliphatic rings. The van der Waals surface area contributed by atoms with Crippen LogP contribution in [0.15, 0.2) is 194 Å². The molecule has 0 atom stereocenters. The predicted molar refractivity (Wildman–Crippen MR) is 314 cm³/mol. The second-order valence-corrected chi connectivity index (χ2v) is 23.2. The summed E-state index contributed by atoms with van der Waals surface area (Å²) in [6, 6.07) is 69.6. The van der Waals surface area contributed by atoms with E-state index in [1.165, 1.54) is 11.1 Å². The Balaban J connectivity index is 0.00000688. The summed E-state index contributed by atoms with van der Waals surface area (Å²) >= 11 is 0. The van der Waals surface area contributed by atoms with E-state index >= 15 is 0 Å². The SMILES string of the molecule is [2H]C([2H])(c1ccc(-n2c(-c3cc(C(C)(C)C)cc(C(C)(C)C)c3O)nc3c(-c4[c-]c(-c5cc(-c6cccc(C(C)(C)c7ccccc7)c6)ccn5)cc(-c5ccccc5)c4)cccc32)c(-c2ccccc2)c1)C1CCCC1.[Pt]. The maximum absolute atomic E-state index is 12.7. The van der Waals surface area contributed by atoms with Gasteiger partial charge in [-0.2, -0.15) is 0 Å². The third-order valence-corrected chi connectivity index (χ3v) is 15.5. The van der Waals surface area contributed by atoms with Crippen LogP contribution in [0.25, 0.3) is 83.9 Å². The predicted octanol–water partition coefficient (Wildman–Crippen LogP) is 18.6. The zero-order chi connectivity index (χ0) is 53.9. The van der Waals surface area contributed by atoms with Crippen LogP contribution in [-0.2, 0) is 43.7 Å². The van der Waals surface area contributed by atoms with Gasteiger partial charge >= 0.3 is 0 Å². The molecule has 0 unspecified atom stereocenters. The molecule has 0 radical (unpaired) electrons. The number of benzene rings is 8. The molecule has 2 aromatic heterocycles. The fourth-order valence-electron chi connectivity index (χ4n) is 11.0. The third-order valence-electron chi connectivity index (χ3n) is 15.5. The first-order valence-electron chi connectivity index (χ1n) is 27.7. The Kier molecular flexibility index (Phi) is 13.8. The molecule has 0 aliphatic heterocycles. The smallest absolute Gasteiger partial charge is 0.148 e. The van der Waals surface area contributed by atoms with Crippen LogP contribution in [0.5, 0.6) is 5.75 Å². The van der Waals surface area contributed by atoms with Gasteiger partial charge in [-0.1, -0.05) is 243 Å². The molecular weight excluding hydrogens is 1110 g/mol. The second-order valence-electron chi connectivity index (χ2n) is 23.2. The summed E-state index contributed by atoms with van der Waals surface area (Å²) in [5, 5.41) is 12.7. The van der Waals surface area contributed by atoms with Crippen molar-refractivity contribution in [1.82, 2.24) is 14.5 Å². The number of fused-ring (bicyclic) bond motifs is 1. The van der Waals surface area contributed by atoms with Crippen LogP contribution in [0.2, 0.25) is 0 Å². The topological polar surface area (TPSA) is 50.9 Å². The first kappa shape index (κ1) is 49.7. The van der Waals surface area contributed by atoms with Gasteiger partial charge in [0.05, 0.1) is 22.3 Å². The Hall–Kier alpha value is -7.13. The van der Waals surface area contributed by atoms with Crippen molar-refractivity contribution in [2.24, 2.45) is 5.92 Å². The third kappa shape index (κ3) is 10.4. The molecule has 0 bridgehead atoms. The summed E-state index contributed by atoms with van der Waals surface area (Å²) in [4.78, 5) is 10.7. The Bertz CT molecular complexity index is 3790. The van der Waals surface area contributed by atoms with Crippen LogP contribution >= 0.6 is 0 Å². The van der Waals surface area contributed by atoms with E-state index in [0.29, 0.717) is 17.0 Å². The summed E-state index contributed by atoms with van der Waals surface area (Å²) in [7, 11) is 0. The molecule has 11 rings (SSSR count). The molecule has 0 amide bonds. The number of phenolic OH excluding ortho intramolecular Hbond substituents is 1. The summed E-state index contributed by atoms with van der Waals surface area (Å²) in [6.07, 6.45) is 4.24. The molecule has 10 aromatic rings. The number of aromatic nitrogens is 3. The van der Waals surface area contributed by atoms with Gasteiger partial charge in [0.1, 0.15) is 11.6 Å². The summed E-state index contributed by atoms with van der Waals surface area (Å²) < 4.78 is 21.3. The van der Waals surface area contributed by atoms with Gasteiger partial charge in [-0.3, -0.25) is 9.55 Å². The number of phenols is 1. The summed E-state index contributed by atoms with van der Waals surface area (Å²) in [5.74, 6) is 0.738. The van der Waals surface area contributed by atoms with E-state index in [9.17, 15) is 7.85 Å². The second kappa shape index (κ2) is 21.1. The molecule has 1 aliphatic carbocycles. The van der Waals surface area contributed by atoms with E-state index < -0.39 is 6.37 Å². The van der Waals surface area contributed by atoms with E-state index in [1.54, 1.807) is 0 Å². The number of hydrogen-bond donors (Lipinski definition) is 1. The van der Waals surface area contributed by atoms with E-state index in [4.69, 9.17) is 9.97 Å². The van der Waals surface area contributed by atoms with E-state index in [-0.39, 0.29) is 49.0 Å². The molecule has 1 N–H and O–H groups in total. The first-order valence-corrected chi connectivity index (χ1v) is 26.7. The van der Waals surface area contributed by atoms with Gasteiger partial charge in [-0.05, 0) is 98.0 Å². The molecule has 2 heterocycles. The van der Waals surface area contributed by atoms with E-state index in [2.05, 4.69) is 224 Å². The van der Waals surface area contributed by atoms with Crippen LogP contribution in [0.4, 0.5) is 0 Å². The molecule has 384 valence electrons. The van der Waals surface area contributed by atoms with Crippen molar-refractivity contribution in [3.05, 3.63) is 228 Å². The van der Waals surface area contributed by atoms with Gasteiger partial charge in [0.25, 0.3) is 0 Å². The molecule has 76 heavy (non-hydrogen) atoms. The number of rotatable bonds is 11. The maximum atomic E-state index is 12.7. The van der Waals surface area contributed by atoms with Crippen molar-refractivity contribution < 1.29 is 28.9 Å². The zero-order valence-corrected chi connectivity index (χ0v) is 47.3. The van der Waals surface area contributed by atoms with Gasteiger partial charge in [-0.25, -0.2) is 4.98 Å². The van der Waals surface area contributed by atoms with Crippen LogP contribution in [0.3, 0.4) is 0 Å².